The molecule has 2 rings (SSSR count). The Morgan fingerprint density at radius 1 is 1.32 bits per heavy atom. The Morgan fingerprint density at radius 2 is 2.00 bits per heavy atom. The maximum atomic E-state index is 12.2. The van der Waals surface area contributed by atoms with Gasteiger partial charge in [-0.1, -0.05) is 0 Å². The summed E-state index contributed by atoms with van der Waals surface area (Å²) in [6.07, 6.45) is -0.959. The molecule has 25 heavy (non-hydrogen) atoms. The van der Waals surface area contributed by atoms with Crippen LogP contribution in [-0.4, -0.2) is 46.1 Å². The predicted octanol–water partition coefficient (Wildman–Crippen LogP) is -0.190. The Morgan fingerprint density at radius 3 is 2.56 bits per heavy atom. The van der Waals surface area contributed by atoms with E-state index < -0.39 is 36.1 Å². The molecule has 0 bridgehead atoms. The van der Waals surface area contributed by atoms with Gasteiger partial charge < -0.3 is 19.9 Å². The maximum Gasteiger partial charge on any atom is 0.351 e. The first kappa shape index (κ1) is 18.6. The zero-order valence-corrected chi connectivity index (χ0v) is 14.1. The van der Waals surface area contributed by atoms with Gasteiger partial charge in [0.2, 0.25) is 0 Å². The number of carbonyl (C=O) groups is 3. The summed E-state index contributed by atoms with van der Waals surface area (Å²) in [6, 6.07) is 0. The van der Waals surface area contributed by atoms with Gasteiger partial charge in [-0.2, -0.15) is 4.98 Å². The molecule has 1 aromatic rings. The number of carbonyl (C=O) groups excluding carboxylic acids is 3. The Hall–Kier alpha value is -2.75. The number of nitrogens with two attached hydrogens (primary N) is 1. The van der Waals surface area contributed by atoms with Gasteiger partial charge in [-0.25, -0.2) is 4.79 Å². The topological polar surface area (TPSA) is 140 Å². The van der Waals surface area contributed by atoms with Crippen molar-refractivity contribution in [3.63, 3.8) is 0 Å². The first-order chi connectivity index (χ1) is 11.7. The number of aromatic nitrogens is 2. The van der Waals surface area contributed by atoms with Gasteiger partial charge in [0.15, 0.2) is 12.0 Å². The number of hydrogen-bond acceptors (Lipinski definition) is 9. The van der Waals surface area contributed by atoms with Crippen LogP contribution in [0.5, 0.6) is 0 Å². The molecular weight excluding hydrogens is 334 g/mol. The molecule has 0 amide bonds. The molecule has 1 aliphatic heterocycles. The predicted molar refractivity (Wildman–Crippen MR) is 83.6 cm³/mol. The molecule has 136 valence electrons. The van der Waals surface area contributed by atoms with Crippen LogP contribution >= 0.6 is 0 Å². The number of nitrogen functional groups attached to an aromatic ring is 1. The van der Waals surface area contributed by atoms with Gasteiger partial charge >= 0.3 is 17.6 Å². The van der Waals surface area contributed by atoms with Crippen LogP contribution in [0.25, 0.3) is 0 Å². The van der Waals surface area contributed by atoms with Crippen LogP contribution in [0.4, 0.5) is 5.82 Å². The Labute approximate surface area is 142 Å². The smallest absolute Gasteiger partial charge is 0.351 e. The molecule has 10 heteroatoms. The van der Waals surface area contributed by atoms with Crippen molar-refractivity contribution in [3.8, 4) is 0 Å². The highest BCUT2D eigenvalue weighted by atomic mass is 16.6. The summed E-state index contributed by atoms with van der Waals surface area (Å²) in [5, 5.41) is 0. The highest BCUT2D eigenvalue weighted by Gasteiger charge is 2.40. The SMILES string of the molecule is CC(=O)OC[C@@H]1C[C@@H](OC(C)=O)[C@H](n2cc(C(C)=O)c(N)nc2=O)O1. The molecule has 0 spiro atoms. The lowest BCUT2D eigenvalue weighted by molar-refractivity contribution is -0.153. The molecule has 2 heterocycles. The van der Waals surface area contributed by atoms with E-state index in [0.717, 1.165) is 4.57 Å². The van der Waals surface area contributed by atoms with E-state index in [4.69, 9.17) is 19.9 Å². The normalized spacial score (nSPS) is 22.4. The summed E-state index contributed by atoms with van der Waals surface area (Å²) in [4.78, 5) is 49.7. The van der Waals surface area contributed by atoms with Crippen molar-refractivity contribution in [1.29, 1.82) is 0 Å². The first-order valence-corrected chi connectivity index (χ1v) is 7.54. The van der Waals surface area contributed by atoms with Crippen molar-refractivity contribution in [1.82, 2.24) is 9.55 Å². The van der Waals surface area contributed by atoms with Gasteiger partial charge in [-0.15, -0.1) is 0 Å². The van der Waals surface area contributed by atoms with E-state index in [1.807, 2.05) is 0 Å². The summed E-state index contributed by atoms with van der Waals surface area (Å²) in [7, 11) is 0. The average Bonchev–Trinajstić information content (AvgIpc) is 2.86. The van der Waals surface area contributed by atoms with Crippen LogP contribution in [0.2, 0.25) is 0 Å². The molecule has 10 nitrogen and oxygen atoms in total. The van der Waals surface area contributed by atoms with E-state index >= 15 is 0 Å². The molecule has 0 saturated carbocycles. The van der Waals surface area contributed by atoms with Gasteiger partial charge in [0, 0.05) is 26.5 Å². The van der Waals surface area contributed by atoms with E-state index in [2.05, 4.69) is 4.98 Å². The largest absolute Gasteiger partial charge is 0.463 e. The average molecular weight is 353 g/mol. The number of nitrogens with zero attached hydrogens (tertiary/aromatic N) is 2. The number of ether oxygens (including phenoxy) is 3. The van der Waals surface area contributed by atoms with Crippen molar-refractivity contribution >= 4 is 23.5 Å². The summed E-state index contributed by atoms with van der Waals surface area (Å²) >= 11 is 0. The number of rotatable bonds is 5. The maximum absolute atomic E-state index is 12.2. The third-order valence-corrected chi connectivity index (χ3v) is 3.57. The number of ketones is 1. The van der Waals surface area contributed by atoms with Gasteiger partial charge in [-0.05, 0) is 6.92 Å². The fraction of sp³-hybridized carbons (Fsp3) is 0.533. The molecule has 0 aromatic carbocycles. The lowest BCUT2D eigenvalue weighted by Gasteiger charge is -2.21. The van der Waals surface area contributed by atoms with E-state index in [-0.39, 0.29) is 30.2 Å². The standard InChI is InChI=1S/C15H19N3O7/c1-7(19)11-5-18(15(22)17-13(11)16)14-12(24-9(3)21)4-10(25-14)6-23-8(2)20/h5,10,12,14H,4,6H2,1-3H3,(H2,16,17,22)/t10-,12+,14+/m0/s1. The van der Waals surface area contributed by atoms with Crippen LogP contribution in [0.1, 0.15) is 43.8 Å². The molecule has 2 N–H and O–H groups in total. The highest BCUT2D eigenvalue weighted by molar-refractivity contribution is 5.97. The van der Waals surface area contributed by atoms with Crippen LogP contribution in [0, 0.1) is 0 Å². The van der Waals surface area contributed by atoms with E-state index in [1.165, 1.54) is 27.0 Å². The number of hydrogen-bond donors (Lipinski definition) is 1. The summed E-state index contributed by atoms with van der Waals surface area (Å²) < 4.78 is 16.8. The van der Waals surface area contributed by atoms with Crippen molar-refractivity contribution in [2.24, 2.45) is 0 Å². The van der Waals surface area contributed by atoms with Crippen molar-refractivity contribution in [3.05, 3.63) is 22.2 Å². The van der Waals surface area contributed by atoms with Crippen LogP contribution in [-0.2, 0) is 23.8 Å². The van der Waals surface area contributed by atoms with Gasteiger partial charge in [0.1, 0.15) is 18.5 Å². The second kappa shape index (κ2) is 7.43. The second-order valence-electron chi connectivity index (χ2n) is 5.62. The molecule has 1 aliphatic rings. The van der Waals surface area contributed by atoms with Crippen LogP contribution in [0.3, 0.4) is 0 Å². The fourth-order valence-corrected chi connectivity index (χ4v) is 2.53. The molecule has 0 unspecified atom stereocenters. The second-order valence-corrected chi connectivity index (χ2v) is 5.62. The third kappa shape index (κ3) is 4.41. The van der Waals surface area contributed by atoms with Crippen LogP contribution < -0.4 is 11.4 Å². The molecule has 1 aromatic heterocycles. The number of anilines is 1. The van der Waals surface area contributed by atoms with Crippen molar-refractivity contribution < 1.29 is 28.6 Å². The van der Waals surface area contributed by atoms with Gasteiger partial charge in [-0.3, -0.25) is 19.0 Å². The van der Waals surface area contributed by atoms with E-state index in [0.29, 0.717) is 0 Å². The minimum Gasteiger partial charge on any atom is -0.463 e. The van der Waals surface area contributed by atoms with Gasteiger partial charge in [0.25, 0.3) is 0 Å². The zero-order chi connectivity index (χ0) is 18.7. The minimum atomic E-state index is -1.01. The number of esters is 2. The minimum absolute atomic E-state index is 0.0493. The monoisotopic (exact) mass is 353 g/mol. The lowest BCUT2D eigenvalue weighted by atomic mass is 10.2. The Kier molecular flexibility index (Phi) is 5.52. The van der Waals surface area contributed by atoms with Crippen molar-refractivity contribution in [2.45, 2.75) is 45.6 Å². The molecule has 1 saturated heterocycles. The Bertz CT molecular complexity index is 758. The first-order valence-electron chi connectivity index (χ1n) is 7.54. The summed E-state index contributed by atoms with van der Waals surface area (Å²) in [6.45, 7) is 3.70. The third-order valence-electron chi connectivity index (χ3n) is 3.57. The van der Waals surface area contributed by atoms with E-state index in [1.54, 1.807) is 0 Å². The van der Waals surface area contributed by atoms with E-state index in [9.17, 15) is 19.2 Å². The fourth-order valence-electron chi connectivity index (χ4n) is 2.53. The molecule has 1 fully saturated rings. The quantitative estimate of drug-likeness (QED) is 0.563. The molecule has 0 aliphatic carbocycles. The molecule has 3 atom stereocenters. The Balaban J connectivity index is 2.34. The lowest BCUT2D eigenvalue weighted by Crippen LogP contribution is -2.34. The highest BCUT2D eigenvalue weighted by Crippen LogP contribution is 2.31. The van der Waals surface area contributed by atoms with Crippen molar-refractivity contribution in [2.75, 3.05) is 12.3 Å². The zero-order valence-electron chi connectivity index (χ0n) is 14.1. The number of Topliss-reactive ketones (excluding diaryl/α,β-unsaturated/α-hetero) is 1. The van der Waals surface area contributed by atoms with Gasteiger partial charge in [0.05, 0.1) is 11.7 Å². The summed E-state index contributed by atoms with van der Waals surface area (Å²) in [5.74, 6) is -1.61. The molecular formula is C15H19N3O7. The molecule has 0 radical (unpaired) electrons. The summed E-state index contributed by atoms with van der Waals surface area (Å²) in [5.41, 5.74) is 4.88. The van der Waals surface area contributed by atoms with Crippen LogP contribution in [0.15, 0.2) is 11.0 Å².